The summed E-state index contributed by atoms with van der Waals surface area (Å²) in [7, 11) is 0. The Balaban J connectivity index is 1.53. The highest BCUT2D eigenvalue weighted by Gasteiger charge is 2.47. The van der Waals surface area contributed by atoms with Crippen molar-refractivity contribution in [1.29, 1.82) is 0 Å². The molecule has 0 saturated carbocycles. The summed E-state index contributed by atoms with van der Waals surface area (Å²) in [6.45, 7) is -1.15. The van der Waals surface area contributed by atoms with Gasteiger partial charge in [-0.2, -0.15) is 0 Å². The molecule has 1 saturated heterocycles. The average molecular weight is 446 g/mol. The van der Waals surface area contributed by atoms with E-state index in [-0.39, 0.29) is 27.5 Å². The van der Waals surface area contributed by atoms with Crippen molar-refractivity contribution < 1.29 is 23.9 Å². The lowest BCUT2D eigenvalue weighted by Crippen LogP contribution is -2.37. The van der Waals surface area contributed by atoms with Crippen LogP contribution in [0.3, 0.4) is 0 Å². The van der Waals surface area contributed by atoms with E-state index in [1.165, 1.54) is 12.1 Å². The van der Waals surface area contributed by atoms with Crippen LogP contribution in [0, 0.1) is 11.8 Å². The third-order valence-electron chi connectivity index (χ3n) is 4.52. The number of likely N-dealkylation sites (tertiary alicyclic amines) is 1. The molecule has 3 rings (SSSR count). The third-order valence-corrected chi connectivity index (χ3v) is 5.34. The van der Waals surface area contributed by atoms with E-state index in [0.717, 1.165) is 4.90 Å². The number of benzene rings is 1. The van der Waals surface area contributed by atoms with Gasteiger partial charge in [-0.25, -0.2) is 0 Å². The third kappa shape index (κ3) is 4.32. The molecule has 2 aliphatic rings. The van der Waals surface area contributed by atoms with Crippen LogP contribution in [0.15, 0.2) is 24.3 Å². The molecule has 1 N–H and O–H groups in total. The maximum Gasteiger partial charge on any atom is 0.326 e. The summed E-state index contributed by atoms with van der Waals surface area (Å²) in [4.78, 5) is 49.5. The summed E-state index contributed by atoms with van der Waals surface area (Å²) in [6, 6.07) is 2.80. The molecular formula is C18H15Cl3N2O5. The quantitative estimate of drug-likeness (QED) is 0.427. The summed E-state index contributed by atoms with van der Waals surface area (Å²) < 4.78 is 4.87. The van der Waals surface area contributed by atoms with Crippen LogP contribution in [0.1, 0.15) is 12.8 Å². The number of fused-ring (bicyclic) bond motifs is 1. The van der Waals surface area contributed by atoms with E-state index in [4.69, 9.17) is 39.5 Å². The average Bonchev–Trinajstić information content (AvgIpc) is 2.88. The topological polar surface area (TPSA) is 92.8 Å². The monoisotopic (exact) mass is 444 g/mol. The highest BCUT2D eigenvalue weighted by molar-refractivity contribution is 6.42. The van der Waals surface area contributed by atoms with Gasteiger partial charge in [0.25, 0.3) is 5.91 Å². The van der Waals surface area contributed by atoms with Gasteiger partial charge in [-0.1, -0.05) is 47.0 Å². The summed E-state index contributed by atoms with van der Waals surface area (Å²) in [5, 5.41) is 2.97. The van der Waals surface area contributed by atoms with E-state index in [2.05, 4.69) is 5.32 Å². The number of halogens is 3. The molecular weight excluding hydrogens is 431 g/mol. The zero-order valence-electron chi connectivity index (χ0n) is 14.4. The number of hydrogen-bond donors (Lipinski definition) is 1. The number of anilines is 1. The van der Waals surface area contributed by atoms with Gasteiger partial charge in [0.2, 0.25) is 11.8 Å². The van der Waals surface area contributed by atoms with Gasteiger partial charge in [0.05, 0.1) is 27.6 Å². The molecule has 0 radical (unpaired) electrons. The molecule has 148 valence electrons. The van der Waals surface area contributed by atoms with E-state index in [1.54, 1.807) is 0 Å². The molecule has 1 aromatic rings. The number of esters is 1. The molecule has 28 heavy (non-hydrogen) atoms. The number of ether oxygens (including phenoxy) is 1. The molecule has 2 atom stereocenters. The van der Waals surface area contributed by atoms with E-state index in [1.807, 2.05) is 12.2 Å². The van der Waals surface area contributed by atoms with Gasteiger partial charge in [-0.3, -0.25) is 24.1 Å². The van der Waals surface area contributed by atoms with Crippen molar-refractivity contribution in [1.82, 2.24) is 4.90 Å². The lowest BCUT2D eigenvalue weighted by atomic mass is 9.85. The minimum absolute atomic E-state index is 0.127. The van der Waals surface area contributed by atoms with Crippen LogP contribution < -0.4 is 5.32 Å². The smallest absolute Gasteiger partial charge is 0.326 e. The maximum atomic E-state index is 12.3. The summed E-state index contributed by atoms with van der Waals surface area (Å²) in [5.41, 5.74) is 0.134. The van der Waals surface area contributed by atoms with Crippen LogP contribution in [-0.2, 0) is 23.9 Å². The standard InChI is InChI=1S/C18H15Cl3N2O5/c19-9-5-12(20)16(13(21)6-9)22-14(24)8-28-15(25)7-23-17(26)10-3-1-2-4-11(10)18(23)27/h1-2,5-6,10-11H,3-4,7-8H2,(H,22,24). The van der Waals surface area contributed by atoms with Crippen molar-refractivity contribution in [3.8, 4) is 0 Å². The number of nitrogens with one attached hydrogen (secondary N) is 1. The zero-order chi connectivity index (χ0) is 20.4. The fraction of sp³-hybridized carbons (Fsp3) is 0.333. The Hall–Kier alpha value is -2.09. The second-order valence-corrected chi connectivity index (χ2v) is 7.62. The highest BCUT2D eigenvalue weighted by Crippen LogP contribution is 2.35. The van der Waals surface area contributed by atoms with Crippen molar-refractivity contribution >= 4 is 64.2 Å². The largest absolute Gasteiger partial charge is 0.454 e. The predicted molar refractivity (Wildman–Crippen MR) is 103 cm³/mol. The number of carbonyl (C=O) groups is 4. The lowest BCUT2D eigenvalue weighted by molar-refractivity contribution is -0.154. The van der Waals surface area contributed by atoms with Gasteiger partial charge in [0.15, 0.2) is 6.61 Å². The Morgan fingerprint density at radius 1 is 1.04 bits per heavy atom. The second kappa shape index (κ2) is 8.51. The minimum atomic E-state index is -0.864. The van der Waals surface area contributed by atoms with Crippen LogP contribution >= 0.6 is 34.8 Å². The van der Waals surface area contributed by atoms with Gasteiger partial charge in [-0.15, -0.1) is 0 Å². The van der Waals surface area contributed by atoms with Crippen LogP contribution in [-0.4, -0.2) is 41.7 Å². The number of hydrogen-bond acceptors (Lipinski definition) is 5. The Morgan fingerprint density at radius 3 is 2.11 bits per heavy atom. The highest BCUT2D eigenvalue weighted by atomic mass is 35.5. The lowest BCUT2D eigenvalue weighted by Gasteiger charge is -2.14. The first-order valence-electron chi connectivity index (χ1n) is 8.38. The number of nitrogens with zero attached hydrogens (tertiary/aromatic N) is 1. The van der Waals surface area contributed by atoms with Crippen molar-refractivity contribution in [3.05, 3.63) is 39.4 Å². The van der Waals surface area contributed by atoms with Crippen molar-refractivity contribution in [2.75, 3.05) is 18.5 Å². The minimum Gasteiger partial charge on any atom is -0.454 e. The van der Waals surface area contributed by atoms with Crippen LogP contribution in [0.2, 0.25) is 15.1 Å². The first-order valence-corrected chi connectivity index (χ1v) is 9.51. The first kappa shape index (κ1) is 20.6. The van der Waals surface area contributed by atoms with E-state index >= 15 is 0 Å². The number of carbonyl (C=O) groups excluding carboxylic acids is 4. The summed E-state index contributed by atoms with van der Waals surface area (Å²) in [6.07, 6.45) is 4.66. The Kier molecular flexibility index (Phi) is 6.27. The fourth-order valence-corrected chi connectivity index (χ4v) is 4.09. The fourth-order valence-electron chi connectivity index (χ4n) is 3.18. The second-order valence-electron chi connectivity index (χ2n) is 6.37. The van der Waals surface area contributed by atoms with Gasteiger partial charge in [0.1, 0.15) is 6.54 Å². The SMILES string of the molecule is O=C(COC(=O)CN1C(=O)C2CC=CCC2C1=O)Nc1c(Cl)cc(Cl)cc1Cl. The van der Waals surface area contributed by atoms with Crippen LogP contribution in [0.5, 0.6) is 0 Å². The van der Waals surface area contributed by atoms with E-state index in [9.17, 15) is 19.2 Å². The van der Waals surface area contributed by atoms with Crippen molar-refractivity contribution in [2.45, 2.75) is 12.8 Å². The van der Waals surface area contributed by atoms with Gasteiger partial charge >= 0.3 is 5.97 Å². The Labute approximate surface area is 175 Å². The molecule has 1 heterocycles. The molecule has 7 nitrogen and oxygen atoms in total. The first-order chi connectivity index (χ1) is 13.3. The Bertz CT molecular complexity index is 837. The predicted octanol–water partition coefficient (Wildman–Crippen LogP) is 3.08. The van der Waals surface area contributed by atoms with Crippen molar-refractivity contribution in [3.63, 3.8) is 0 Å². The molecule has 1 fully saturated rings. The molecule has 0 aromatic heterocycles. The van der Waals surface area contributed by atoms with Gasteiger partial charge < -0.3 is 10.1 Å². The molecule has 1 aromatic carbocycles. The zero-order valence-corrected chi connectivity index (χ0v) is 16.7. The van der Waals surface area contributed by atoms with Crippen LogP contribution in [0.25, 0.3) is 0 Å². The molecule has 1 aliphatic heterocycles. The Morgan fingerprint density at radius 2 is 1.57 bits per heavy atom. The normalized spacial score (nSPS) is 20.9. The molecule has 0 spiro atoms. The molecule has 3 amide bonds. The van der Waals surface area contributed by atoms with E-state index in [0.29, 0.717) is 17.9 Å². The molecule has 1 aliphatic carbocycles. The van der Waals surface area contributed by atoms with Gasteiger partial charge in [0, 0.05) is 5.02 Å². The number of allylic oxidation sites excluding steroid dienone is 2. The summed E-state index contributed by atoms with van der Waals surface area (Å²) in [5.74, 6) is -3.18. The van der Waals surface area contributed by atoms with Gasteiger partial charge in [-0.05, 0) is 25.0 Å². The van der Waals surface area contributed by atoms with E-state index < -0.39 is 36.9 Å². The molecule has 10 heteroatoms. The summed E-state index contributed by atoms with van der Waals surface area (Å²) >= 11 is 17.7. The number of imide groups is 1. The molecule has 0 bridgehead atoms. The molecule has 2 unspecified atom stereocenters. The van der Waals surface area contributed by atoms with Crippen LogP contribution in [0.4, 0.5) is 5.69 Å². The van der Waals surface area contributed by atoms with Crippen molar-refractivity contribution in [2.24, 2.45) is 11.8 Å². The maximum absolute atomic E-state index is 12.3. The number of rotatable bonds is 5. The number of amides is 3.